The number of rotatable bonds is 3. The van der Waals surface area contributed by atoms with E-state index in [1.165, 1.54) is 88.4 Å². The maximum Gasteiger partial charge on any atom is 0.0588 e. The Bertz CT molecular complexity index is 2680. The van der Waals surface area contributed by atoms with E-state index in [0.717, 1.165) is 0 Å². The highest BCUT2D eigenvalue weighted by atomic mass is 15.0. The number of hydrogen-bond donors (Lipinski definition) is 0. The lowest BCUT2D eigenvalue weighted by Gasteiger charge is -2.23. The van der Waals surface area contributed by atoms with E-state index >= 15 is 0 Å². The van der Waals surface area contributed by atoms with Gasteiger partial charge in [-0.05, 0) is 81.9 Å². The Morgan fingerprint density at radius 3 is 1.79 bits per heavy atom. The molecule has 222 valence electrons. The van der Waals surface area contributed by atoms with Crippen molar-refractivity contribution in [2.75, 3.05) is 0 Å². The predicted molar refractivity (Wildman–Crippen MR) is 198 cm³/mol. The summed E-state index contributed by atoms with van der Waals surface area (Å²) >= 11 is 0. The van der Waals surface area contributed by atoms with Gasteiger partial charge in [0, 0.05) is 38.3 Å². The first-order chi connectivity index (χ1) is 23.1. The SMILES string of the molecule is CC1(C)c2ccccc2-c2ccc3c4ccccc4n(-c4ccc(-c5ccc6c(c5)c5ccccc5n6-c5ccccc5)cc4)c3c21. The molecule has 0 atom stereocenters. The minimum absolute atomic E-state index is 0.105. The highest BCUT2D eigenvalue weighted by Crippen LogP contribution is 2.53. The Hall–Kier alpha value is -5.86. The van der Waals surface area contributed by atoms with E-state index in [2.05, 4.69) is 181 Å². The fraction of sp³-hybridized carbons (Fsp3) is 0.0667. The minimum atomic E-state index is -0.105. The second-order valence-corrected chi connectivity index (χ2v) is 13.4. The average Bonchev–Trinajstić information content (AvgIpc) is 3.72. The van der Waals surface area contributed by atoms with Crippen LogP contribution in [0.4, 0.5) is 0 Å². The molecule has 1 aliphatic rings. The summed E-state index contributed by atoms with van der Waals surface area (Å²) < 4.78 is 4.87. The molecule has 7 aromatic carbocycles. The van der Waals surface area contributed by atoms with Gasteiger partial charge in [0.1, 0.15) is 0 Å². The van der Waals surface area contributed by atoms with Crippen LogP contribution in [0.3, 0.4) is 0 Å². The van der Waals surface area contributed by atoms with Gasteiger partial charge in [-0.3, -0.25) is 0 Å². The van der Waals surface area contributed by atoms with Gasteiger partial charge in [-0.2, -0.15) is 0 Å². The van der Waals surface area contributed by atoms with Crippen LogP contribution in [-0.4, -0.2) is 9.13 Å². The molecule has 10 rings (SSSR count). The zero-order valence-corrected chi connectivity index (χ0v) is 26.4. The number of hydrogen-bond acceptors (Lipinski definition) is 0. The number of benzene rings is 7. The standard InChI is InChI=1S/C45H32N2/c1-45(2)39-17-9-6-14-33(39)36-25-26-37-34-15-7-11-19-41(34)47(44(37)43(36)45)32-23-20-29(21-24-32)30-22-27-42-38(28-30)35-16-8-10-18-40(35)46(42)31-12-4-3-5-13-31/h3-28H,1-2H3. The molecule has 2 heteroatoms. The predicted octanol–water partition coefficient (Wildman–Crippen LogP) is 11.9. The van der Waals surface area contributed by atoms with Crippen LogP contribution in [0.5, 0.6) is 0 Å². The lowest BCUT2D eigenvalue weighted by Crippen LogP contribution is -2.16. The van der Waals surface area contributed by atoms with Crippen LogP contribution >= 0.6 is 0 Å². The van der Waals surface area contributed by atoms with E-state index in [1.54, 1.807) is 0 Å². The third-order valence-corrected chi connectivity index (χ3v) is 10.5. The molecule has 0 spiro atoms. The molecule has 0 radical (unpaired) electrons. The molecule has 0 bridgehead atoms. The van der Waals surface area contributed by atoms with Crippen LogP contribution in [0.15, 0.2) is 158 Å². The van der Waals surface area contributed by atoms with Gasteiger partial charge in [0.25, 0.3) is 0 Å². The topological polar surface area (TPSA) is 9.86 Å². The second-order valence-electron chi connectivity index (χ2n) is 13.4. The van der Waals surface area contributed by atoms with E-state index < -0.39 is 0 Å². The van der Waals surface area contributed by atoms with Gasteiger partial charge in [-0.15, -0.1) is 0 Å². The van der Waals surface area contributed by atoms with E-state index in [1.807, 2.05) is 0 Å². The third kappa shape index (κ3) is 3.61. The Labute approximate surface area is 273 Å². The van der Waals surface area contributed by atoms with Gasteiger partial charge in [0.15, 0.2) is 0 Å². The molecule has 9 aromatic rings. The monoisotopic (exact) mass is 600 g/mol. The van der Waals surface area contributed by atoms with E-state index in [9.17, 15) is 0 Å². The van der Waals surface area contributed by atoms with Crippen molar-refractivity contribution in [2.24, 2.45) is 0 Å². The molecule has 0 saturated carbocycles. The Morgan fingerprint density at radius 2 is 1.00 bits per heavy atom. The molecule has 2 nitrogen and oxygen atoms in total. The summed E-state index contributed by atoms with van der Waals surface area (Å²) in [5, 5.41) is 5.14. The van der Waals surface area contributed by atoms with Gasteiger partial charge >= 0.3 is 0 Å². The van der Waals surface area contributed by atoms with Gasteiger partial charge in [0.2, 0.25) is 0 Å². The fourth-order valence-electron chi connectivity index (χ4n) is 8.39. The molecule has 0 amide bonds. The van der Waals surface area contributed by atoms with Gasteiger partial charge < -0.3 is 9.13 Å². The van der Waals surface area contributed by atoms with Crippen LogP contribution < -0.4 is 0 Å². The smallest absolute Gasteiger partial charge is 0.0588 e. The zero-order valence-electron chi connectivity index (χ0n) is 26.4. The summed E-state index contributed by atoms with van der Waals surface area (Å²) in [5.74, 6) is 0. The quantitative estimate of drug-likeness (QED) is 0.191. The largest absolute Gasteiger partial charge is 0.309 e. The second kappa shape index (κ2) is 9.57. The molecule has 47 heavy (non-hydrogen) atoms. The highest BCUT2D eigenvalue weighted by Gasteiger charge is 2.38. The maximum atomic E-state index is 2.50. The van der Waals surface area contributed by atoms with E-state index in [0.29, 0.717) is 0 Å². The summed E-state index contributed by atoms with van der Waals surface area (Å²) in [7, 11) is 0. The average molecular weight is 601 g/mol. The molecule has 0 unspecified atom stereocenters. The van der Waals surface area contributed by atoms with Gasteiger partial charge in [-0.25, -0.2) is 0 Å². The summed E-state index contributed by atoms with van der Waals surface area (Å²) in [6, 6.07) is 57.9. The molecule has 0 fully saturated rings. The van der Waals surface area contributed by atoms with Crippen molar-refractivity contribution < 1.29 is 0 Å². The van der Waals surface area contributed by atoms with Crippen molar-refractivity contribution in [1.82, 2.24) is 9.13 Å². The number of fused-ring (bicyclic) bond motifs is 10. The van der Waals surface area contributed by atoms with Crippen molar-refractivity contribution in [3.05, 3.63) is 169 Å². The van der Waals surface area contributed by atoms with Crippen LogP contribution in [0.25, 0.3) is 77.2 Å². The van der Waals surface area contributed by atoms with Gasteiger partial charge in [-0.1, -0.05) is 123 Å². The molecule has 2 aromatic heterocycles. The molecule has 0 saturated heterocycles. The van der Waals surface area contributed by atoms with Crippen molar-refractivity contribution in [3.63, 3.8) is 0 Å². The van der Waals surface area contributed by atoms with Crippen molar-refractivity contribution in [2.45, 2.75) is 19.3 Å². The van der Waals surface area contributed by atoms with Crippen LogP contribution in [0, 0.1) is 0 Å². The highest BCUT2D eigenvalue weighted by molar-refractivity contribution is 6.13. The van der Waals surface area contributed by atoms with E-state index in [-0.39, 0.29) is 5.41 Å². The lowest BCUT2D eigenvalue weighted by atomic mass is 9.81. The summed E-state index contributed by atoms with van der Waals surface area (Å²) in [6.07, 6.45) is 0. The molecule has 2 heterocycles. The molecule has 0 aliphatic heterocycles. The van der Waals surface area contributed by atoms with Crippen molar-refractivity contribution in [3.8, 4) is 33.6 Å². The Morgan fingerprint density at radius 1 is 0.404 bits per heavy atom. The van der Waals surface area contributed by atoms with E-state index in [4.69, 9.17) is 0 Å². The molecule has 1 aliphatic carbocycles. The molecule has 0 N–H and O–H groups in total. The number of aromatic nitrogens is 2. The third-order valence-electron chi connectivity index (χ3n) is 10.5. The van der Waals surface area contributed by atoms with Crippen LogP contribution in [0.2, 0.25) is 0 Å². The Kier molecular flexibility index (Phi) is 5.37. The van der Waals surface area contributed by atoms with Gasteiger partial charge in [0.05, 0.1) is 22.1 Å². The first kappa shape index (κ1) is 26.4. The number of nitrogens with zero attached hydrogens (tertiary/aromatic N) is 2. The minimum Gasteiger partial charge on any atom is -0.309 e. The fourth-order valence-corrected chi connectivity index (χ4v) is 8.39. The van der Waals surface area contributed by atoms with Crippen LogP contribution in [-0.2, 0) is 5.41 Å². The molecular formula is C45H32N2. The summed E-state index contributed by atoms with van der Waals surface area (Å²) in [4.78, 5) is 0. The maximum absolute atomic E-state index is 2.50. The lowest BCUT2D eigenvalue weighted by molar-refractivity contribution is 0.664. The van der Waals surface area contributed by atoms with Crippen molar-refractivity contribution >= 4 is 43.6 Å². The first-order valence-electron chi connectivity index (χ1n) is 16.5. The normalized spacial score (nSPS) is 13.5. The van der Waals surface area contributed by atoms with Crippen LogP contribution in [0.1, 0.15) is 25.0 Å². The molecular weight excluding hydrogens is 569 g/mol. The van der Waals surface area contributed by atoms with Crippen molar-refractivity contribution in [1.29, 1.82) is 0 Å². The summed E-state index contributed by atoms with van der Waals surface area (Å²) in [5.41, 5.74) is 15.2. The number of para-hydroxylation sites is 3. The Balaban J connectivity index is 1.15. The zero-order chi connectivity index (χ0) is 31.3. The first-order valence-corrected chi connectivity index (χ1v) is 16.5. The summed E-state index contributed by atoms with van der Waals surface area (Å²) in [6.45, 7) is 4.76.